The molecule has 0 amide bonds. The summed E-state index contributed by atoms with van der Waals surface area (Å²) >= 11 is 1.60. The molecule has 0 fully saturated rings. The Bertz CT molecular complexity index is 610. The summed E-state index contributed by atoms with van der Waals surface area (Å²) in [4.78, 5) is 12.4. The van der Waals surface area contributed by atoms with Crippen molar-refractivity contribution < 1.29 is 4.92 Å². The third-order valence-electron chi connectivity index (χ3n) is 3.19. The van der Waals surface area contributed by atoms with Crippen LogP contribution in [0.5, 0.6) is 0 Å². The zero-order valence-electron chi connectivity index (χ0n) is 12.8. The molecule has 0 radical (unpaired) electrons. The van der Waals surface area contributed by atoms with Gasteiger partial charge >= 0.3 is 0 Å². The lowest BCUT2D eigenvalue weighted by molar-refractivity contribution is -0.384. The molecular weight excluding hydrogens is 296 g/mol. The molecule has 2 aromatic rings. The Balaban J connectivity index is 1.91. The topological polar surface area (TPSA) is 55.2 Å². The summed E-state index contributed by atoms with van der Waals surface area (Å²) < 4.78 is 0. The van der Waals surface area contributed by atoms with Gasteiger partial charge in [0, 0.05) is 34.2 Å². The molecule has 1 N–H and O–H groups in total. The molecule has 0 heterocycles. The molecule has 0 atom stereocenters. The smallest absolute Gasteiger partial charge is 0.269 e. The lowest BCUT2D eigenvalue weighted by atomic mass is 10.1. The van der Waals surface area contributed by atoms with E-state index in [0.29, 0.717) is 5.92 Å². The van der Waals surface area contributed by atoms with Crippen molar-refractivity contribution in [1.82, 2.24) is 0 Å². The van der Waals surface area contributed by atoms with Gasteiger partial charge in [-0.15, -0.1) is 0 Å². The van der Waals surface area contributed by atoms with Crippen LogP contribution in [0.3, 0.4) is 0 Å². The van der Waals surface area contributed by atoms with Gasteiger partial charge in [0.25, 0.3) is 5.69 Å². The Morgan fingerprint density at radius 1 is 1.05 bits per heavy atom. The molecule has 0 unspecified atom stereocenters. The third kappa shape index (κ3) is 5.07. The van der Waals surface area contributed by atoms with E-state index in [4.69, 9.17) is 0 Å². The normalized spacial score (nSPS) is 10.7. The standard InChI is InChI=1S/C17H20N2O2S/c1-13(2)11-12-18-14-3-7-16(8-4-14)22-17-9-5-15(6-10-17)19(20)21/h3-10,13,18H,11-12H2,1-2H3. The maximum atomic E-state index is 10.6. The number of hydrogen-bond donors (Lipinski definition) is 1. The summed E-state index contributed by atoms with van der Waals surface area (Å²) in [6.07, 6.45) is 1.15. The van der Waals surface area contributed by atoms with Crippen molar-refractivity contribution >= 4 is 23.1 Å². The number of non-ortho nitro benzene ring substituents is 1. The maximum absolute atomic E-state index is 10.6. The van der Waals surface area contributed by atoms with Crippen LogP contribution >= 0.6 is 11.8 Å². The highest BCUT2D eigenvalue weighted by Gasteiger charge is 2.05. The lowest BCUT2D eigenvalue weighted by Gasteiger charge is -2.09. The molecule has 0 aliphatic carbocycles. The van der Waals surface area contributed by atoms with Gasteiger partial charge in [-0.05, 0) is 48.7 Å². The number of nitrogens with zero attached hydrogens (tertiary/aromatic N) is 1. The SMILES string of the molecule is CC(C)CCNc1ccc(Sc2ccc([N+](=O)[O-])cc2)cc1. The first-order valence-electron chi connectivity index (χ1n) is 7.31. The van der Waals surface area contributed by atoms with Gasteiger partial charge < -0.3 is 5.32 Å². The maximum Gasteiger partial charge on any atom is 0.269 e. The number of nitro groups is 1. The number of benzene rings is 2. The Hall–Kier alpha value is -2.01. The van der Waals surface area contributed by atoms with Gasteiger partial charge in [0.05, 0.1) is 4.92 Å². The molecule has 4 nitrogen and oxygen atoms in total. The predicted octanol–water partition coefficient (Wildman–Crippen LogP) is 5.20. The summed E-state index contributed by atoms with van der Waals surface area (Å²) in [5, 5.41) is 14.0. The highest BCUT2D eigenvalue weighted by molar-refractivity contribution is 7.99. The molecule has 0 spiro atoms. The number of hydrogen-bond acceptors (Lipinski definition) is 4. The number of anilines is 1. The second-order valence-corrected chi connectivity index (χ2v) is 6.63. The van der Waals surface area contributed by atoms with Crippen molar-refractivity contribution in [2.24, 2.45) is 5.92 Å². The van der Waals surface area contributed by atoms with Crippen LogP contribution in [0.1, 0.15) is 20.3 Å². The molecule has 2 aromatic carbocycles. The molecule has 0 saturated carbocycles. The second kappa shape index (κ2) is 7.84. The summed E-state index contributed by atoms with van der Waals surface area (Å²) in [7, 11) is 0. The van der Waals surface area contributed by atoms with E-state index in [-0.39, 0.29) is 10.6 Å². The molecular formula is C17H20N2O2S. The van der Waals surface area contributed by atoms with Gasteiger partial charge in [-0.2, -0.15) is 0 Å². The van der Waals surface area contributed by atoms with E-state index in [1.807, 2.05) is 0 Å². The minimum Gasteiger partial charge on any atom is -0.385 e. The van der Waals surface area contributed by atoms with E-state index in [2.05, 4.69) is 43.4 Å². The lowest BCUT2D eigenvalue weighted by Crippen LogP contribution is -2.04. The fourth-order valence-electron chi connectivity index (χ4n) is 1.92. The average molecular weight is 316 g/mol. The first-order valence-corrected chi connectivity index (χ1v) is 8.12. The van der Waals surface area contributed by atoms with E-state index in [9.17, 15) is 10.1 Å². The van der Waals surface area contributed by atoms with Crippen LogP contribution in [-0.2, 0) is 0 Å². The fourth-order valence-corrected chi connectivity index (χ4v) is 2.73. The number of rotatable bonds is 7. The van der Waals surface area contributed by atoms with Gasteiger partial charge in [-0.1, -0.05) is 25.6 Å². The van der Waals surface area contributed by atoms with Crippen molar-refractivity contribution in [1.29, 1.82) is 0 Å². The summed E-state index contributed by atoms with van der Waals surface area (Å²) in [6.45, 7) is 5.41. The molecule has 2 rings (SSSR count). The Morgan fingerprint density at radius 3 is 2.09 bits per heavy atom. The molecule has 0 saturated heterocycles. The summed E-state index contributed by atoms with van der Waals surface area (Å²) in [6, 6.07) is 14.9. The van der Waals surface area contributed by atoms with Gasteiger partial charge in [-0.25, -0.2) is 0 Å². The molecule has 0 aliphatic rings. The highest BCUT2D eigenvalue weighted by atomic mass is 32.2. The third-order valence-corrected chi connectivity index (χ3v) is 4.20. The van der Waals surface area contributed by atoms with Crippen molar-refractivity contribution in [2.45, 2.75) is 30.1 Å². The van der Waals surface area contributed by atoms with Crippen molar-refractivity contribution in [3.05, 3.63) is 58.6 Å². The van der Waals surface area contributed by atoms with Crippen LogP contribution in [0, 0.1) is 16.0 Å². The monoisotopic (exact) mass is 316 g/mol. The van der Waals surface area contributed by atoms with Crippen LogP contribution in [0.15, 0.2) is 58.3 Å². The van der Waals surface area contributed by atoms with Crippen molar-refractivity contribution in [3.8, 4) is 0 Å². The summed E-state index contributed by atoms with van der Waals surface area (Å²) in [5.41, 5.74) is 1.24. The molecule has 22 heavy (non-hydrogen) atoms. The van der Waals surface area contributed by atoms with E-state index < -0.39 is 0 Å². The Labute approximate surface area is 135 Å². The van der Waals surface area contributed by atoms with Crippen LogP contribution < -0.4 is 5.32 Å². The zero-order chi connectivity index (χ0) is 15.9. The molecule has 0 bridgehead atoms. The van der Waals surface area contributed by atoms with Gasteiger partial charge in [0.2, 0.25) is 0 Å². The van der Waals surface area contributed by atoms with E-state index in [1.54, 1.807) is 23.9 Å². The van der Waals surface area contributed by atoms with E-state index in [1.165, 1.54) is 12.1 Å². The predicted molar refractivity (Wildman–Crippen MR) is 91.6 cm³/mol. The molecule has 116 valence electrons. The van der Waals surface area contributed by atoms with Crippen molar-refractivity contribution in [3.63, 3.8) is 0 Å². The molecule has 0 aromatic heterocycles. The number of nitro benzene ring substituents is 1. The van der Waals surface area contributed by atoms with E-state index >= 15 is 0 Å². The molecule has 5 heteroatoms. The Morgan fingerprint density at radius 2 is 1.59 bits per heavy atom. The zero-order valence-corrected chi connectivity index (χ0v) is 13.6. The van der Waals surface area contributed by atoms with Crippen LogP contribution in [0.25, 0.3) is 0 Å². The van der Waals surface area contributed by atoms with E-state index in [0.717, 1.165) is 28.4 Å². The van der Waals surface area contributed by atoms with Gasteiger partial charge in [0.1, 0.15) is 0 Å². The first kappa shape index (κ1) is 16.4. The highest BCUT2D eigenvalue weighted by Crippen LogP contribution is 2.29. The molecule has 0 aliphatic heterocycles. The van der Waals surface area contributed by atoms with Crippen LogP contribution in [-0.4, -0.2) is 11.5 Å². The van der Waals surface area contributed by atoms with Crippen molar-refractivity contribution in [2.75, 3.05) is 11.9 Å². The minimum absolute atomic E-state index is 0.119. The first-order chi connectivity index (χ1) is 10.5. The summed E-state index contributed by atoms with van der Waals surface area (Å²) in [5.74, 6) is 0.699. The Kier molecular flexibility index (Phi) is 5.83. The van der Waals surface area contributed by atoms with Crippen LogP contribution in [0.2, 0.25) is 0 Å². The van der Waals surface area contributed by atoms with Crippen LogP contribution in [0.4, 0.5) is 11.4 Å². The quantitative estimate of drug-likeness (QED) is 0.563. The largest absolute Gasteiger partial charge is 0.385 e. The second-order valence-electron chi connectivity index (χ2n) is 5.49. The fraction of sp³-hybridized carbons (Fsp3) is 0.294. The van der Waals surface area contributed by atoms with Gasteiger partial charge in [0.15, 0.2) is 0 Å². The van der Waals surface area contributed by atoms with Gasteiger partial charge in [-0.3, -0.25) is 10.1 Å². The number of nitrogens with one attached hydrogen (secondary N) is 1. The minimum atomic E-state index is -0.383. The average Bonchev–Trinajstić information content (AvgIpc) is 2.49.